The number of rotatable bonds is 2. The van der Waals surface area contributed by atoms with Crippen LogP contribution < -0.4 is 0 Å². The SMILES string of the molecule is C#N.C=CCOC. The summed E-state index contributed by atoms with van der Waals surface area (Å²) in [4.78, 5) is 0. The maximum atomic E-state index is 6.50. The Labute approximate surface area is 44.0 Å². The van der Waals surface area contributed by atoms with Crippen LogP contribution in [0.1, 0.15) is 0 Å². The van der Waals surface area contributed by atoms with Crippen LogP contribution in [0.3, 0.4) is 0 Å². The van der Waals surface area contributed by atoms with Gasteiger partial charge in [0.25, 0.3) is 0 Å². The van der Waals surface area contributed by atoms with Crippen molar-refractivity contribution in [2.24, 2.45) is 0 Å². The number of hydrogen-bond acceptors (Lipinski definition) is 2. The van der Waals surface area contributed by atoms with E-state index in [-0.39, 0.29) is 0 Å². The monoisotopic (exact) mass is 99.1 g/mol. The number of hydrogen-bond donors (Lipinski definition) is 0. The Morgan fingerprint density at radius 1 is 1.86 bits per heavy atom. The van der Waals surface area contributed by atoms with Crippen molar-refractivity contribution in [3.05, 3.63) is 12.7 Å². The molecule has 0 amide bonds. The Morgan fingerprint density at radius 2 is 2.29 bits per heavy atom. The average molecular weight is 99.1 g/mol. The number of ether oxygens (including phenoxy) is 1. The zero-order chi connectivity index (χ0) is 6.12. The van der Waals surface area contributed by atoms with E-state index in [2.05, 4.69) is 17.9 Å². The molecule has 0 heterocycles. The molecule has 2 nitrogen and oxygen atoms in total. The molecule has 0 radical (unpaired) electrons. The van der Waals surface area contributed by atoms with E-state index >= 15 is 0 Å². The first-order chi connectivity index (χ1) is 3.41. The summed E-state index contributed by atoms with van der Waals surface area (Å²) in [5, 5.41) is 6.50. The predicted molar refractivity (Wildman–Crippen MR) is 28.7 cm³/mol. The van der Waals surface area contributed by atoms with Crippen molar-refractivity contribution < 1.29 is 4.74 Å². The maximum Gasteiger partial charge on any atom is 0.0641 e. The second kappa shape index (κ2) is 19.0. The first-order valence-corrected chi connectivity index (χ1v) is 1.77. The molecular formula is C5H9NO. The molecule has 40 valence electrons. The lowest BCUT2D eigenvalue weighted by Crippen LogP contribution is -1.76. The molecule has 0 unspecified atom stereocenters. The summed E-state index contributed by atoms with van der Waals surface area (Å²) in [7, 11) is 1.64. The summed E-state index contributed by atoms with van der Waals surface area (Å²) >= 11 is 0. The Balaban J connectivity index is 0. The van der Waals surface area contributed by atoms with Crippen LogP contribution in [0.2, 0.25) is 0 Å². The van der Waals surface area contributed by atoms with E-state index in [1.54, 1.807) is 13.2 Å². The minimum absolute atomic E-state index is 0.653. The average Bonchev–Trinajstić information content (AvgIpc) is 1.75. The largest absolute Gasteiger partial charge is 0.381 e. The van der Waals surface area contributed by atoms with Crippen LogP contribution in [0, 0.1) is 11.8 Å². The van der Waals surface area contributed by atoms with E-state index < -0.39 is 0 Å². The molecule has 0 aliphatic rings. The molecule has 0 rings (SSSR count). The third-order valence-corrected chi connectivity index (χ3v) is 0.285. The molecular weight excluding hydrogens is 90.1 g/mol. The summed E-state index contributed by atoms with van der Waals surface area (Å²) in [6.45, 7) is 7.58. The zero-order valence-electron chi connectivity index (χ0n) is 4.42. The summed E-state index contributed by atoms with van der Waals surface area (Å²) in [6, 6.07) is 0. The van der Waals surface area contributed by atoms with Gasteiger partial charge in [-0.1, -0.05) is 6.08 Å². The highest BCUT2D eigenvalue weighted by Gasteiger charge is 1.58. The molecule has 0 aliphatic heterocycles. The van der Waals surface area contributed by atoms with Gasteiger partial charge in [-0.15, -0.1) is 6.58 Å². The van der Waals surface area contributed by atoms with Gasteiger partial charge in [0.2, 0.25) is 0 Å². The molecule has 0 aromatic heterocycles. The van der Waals surface area contributed by atoms with Crippen molar-refractivity contribution >= 4 is 0 Å². The molecule has 0 atom stereocenters. The van der Waals surface area contributed by atoms with Gasteiger partial charge in [0.15, 0.2) is 0 Å². The summed E-state index contributed by atoms with van der Waals surface area (Å²) in [5.74, 6) is 0. The van der Waals surface area contributed by atoms with Crippen LogP contribution in [0.15, 0.2) is 12.7 Å². The Kier molecular flexibility index (Phi) is 25.8. The molecule has 0 fully saturated rings. The highest BCUT2D eigenvalue weighted by molar-refractivity contribution is 4.62. The molecule has 0 aromatic rings. The lowest BCUT2D eigenvalue weighted by Gasteiger charge is -1.79. The molecule has 0 saturated carbocycles. The minimum Gasteiger partial charge on any atom is -0.381 e. The van der Waals surface area contributed by atoms with Gasteiger partial charge in [0, 0.05) is 13.7 Å². The highest BCUT2D eigenvalue weighted by Crippen LogP contribution is 1.60. The van der Waals surface area contributed by atoms with E-state index in [1.165, 1.54) is 0 Å². The number of nitrogens with zero attached hydrogens (tertiary/aromatic N) is 1. The van der Waals surface area contributed by atoms with Gasteiger partial charge in [-0.05, 0) is 0 Å². The molecule has 0 aliphatic carbocycles. The molecule has 2 heteroatoms. The fourth-order valence-corrected chi connectivity index (χ4v) is 0.118. The number of nitriles is 1. The van der Waals surface area contributed by atoms with Crippen LogP contribution in [-0.2, 0) is 4.74 Å². The Hall–Kier alpha value is -0.810. The molecule has 0 N–H and O–H groups in total. The number of methoxy groups -OCH3 is 1. The lowest BCUT2D eigenvalue weighted by molar-refractivity contribution is 0.234. The van der Waals surface area contributed by atoms with Gasteiger partial charge >= 0.3 is 0 Å². The second-order valence-corrected chi connectivity index (χ2v) is 0.744. The van der Waals surface area contributed by atoms with E-state index in [1.807, 2.05) is 0 Å². The highest BCUT2D eigenvalue weighted by atomic mass is 16.5. The fraction of sp³-hybridized carbons (Fsp3) is 0.400. The smallest absolute Gasteiger partial charge is 0.0641 e. The van der Waals surface area contributed by atoms with Crippen LogP contribution >= 0.6 is 0 Å². The standard InChI is InChI=1S/C4H8O.CHN/c1-3-4-5-2;1-2/h3H,1,4H2,2H3;1H. The van der Waals surface area contributed by atoms with E-state index in [9.17, 15) is 0 Å². The quantitative estimate of drug-likeness (QED) is 0.483. The molecule has 7 heavy (non-hydrogen) atoms. The Morgan fingerprint density at radius 3 is 2.29 bits per heavy atom. The first kappa shape index (κ1) is 9.50. The van der Waals surface area contributed by atoms with Gasteiger partial charge in [-0.25, -0.2) is 5.26 Å². The maximum absolute atomic E-state index is 6.50. The third-order valence-electron chi connectivity index (χ3n) is 0.285. The Bertz CT molecular complexity index is 49.3. The second-order valence-electron chi connectivity index (χ2n) is 0.744. The van der Waals surface area contributed by atoms with Crippen molar-refractivity contribution in [1.29, 1.82) is 5.26 Å². The molecule has 0 bridgehead atoms. The van der Waals surface area contributed by atoms with E-state index in [0.29, 0.717) is 6.61 Å². The van der Waals surface area contributed by atoms with Gasteiger partial charge in [-0.2, -0.15) is 0 Å². The summed E-state index contributed by atoms with van der Waals surface area (Å²) < 4.78 is 4.57. The summed E-state index contributed by atoms with van der Waals surface area (Å²) in [5.41, 5.74) is 0. The van der Waals surface area contributed by atoms with Crippen LogP contribution in [0.5, 0.6) is 0 Å². The fourth-order valence-electron chi connectivity index (χ4n) is 0.118. The molecule has 0 aromatic carbocycles. The first-order valence-electron chi connectivity index (χ1n) is 1.77. The van der Waals surface area contributed by atoms with E-state index in [0.717, 1.165) is 0 Å². The molecule has 0 saturated heterocycles. The van der Waals surface area contributed by atoms with Crippen molar-refractivity contribution in [3.63, 3.8) is 0 Å². The normalized spacial score (nSPS) is 5.57. The van der Waals surface area contributed by atoms with Gasteiger partial charge in [-0.3, -0.25) is 0 Å². The van der Waals surface area contributed by atoms with Crippen molar-refractivity contribution in [1.82, 2.24) is 0 Å². The van der Waals surface area contributed by atoms with E-state index in [4.69, 9.17) is 5.26 Å². The van der Waals surface area contributed by atoms with Crippen molar-refractivity contribution in [3.8, 4) is 6.57 Å². The minimum atomic E-state index is 0.653. The van der Waals surface area contributed by atoms with Crippen LogP contribution in [0.25, 0.3) is 0 Å². The topological polar surface area (TPSA) is 33.0 Å². The zero-order valence-corrected chi connectivity index (χ0v) is 4.42. The van der Waals surface area contributed by atoms with Gasteiger partial charge in [0.1, 0.15) is 0 Å². The molecule has 0 spiro atoms. The third kappa shape index (κ3) is 37.3. The van der Waals surface area contributed by atoms with Gasteiger partial charge in [0.05, 0.1) is 6.61 Å². The van der Waals surface area contributed by atoms with Crippen molar-refractivity contribution in [2.45, 2.75) is 0 Å². The van der Waals surface area contributed by atoms with Crippen LogP contribution in [0.4, 0.5) is 0 Å². The van der Waals surface area contributed by atoms with Gasteiger partial charge < -0.3 is 4.74 Å². The lowest BCUT2D eigenvalue weighted by atomic mass is 10.7. The van der Waals surface area contributed by atoms with Crippen molar-refractivity contribution in [2.75, 3.05) is 13.7 Å². The summed E-state index contributed by atoms with van der Waals surface area (Å²) in [6.07, 6.45) is 1.71. The van der Waals surface area contributed by atoms with Crippen LogP contribution in [-0.4, -0.2) is 13.7 Å². The predicted octanol–water partition coefficient (Wildman–Crippen LogP) is 0.959.